The molecular formula is C32H42N2O8S. The van der Waals surface area contributed by atoms with E-state index in [0.717, 1.165) is 24.8 Å². The molecule has 0 radical (unpaired) electrons. The first kappa shape index (κ1) is 32.7. The lowest BCUT2D eigenvalue weighted by Crippen LogP contribution is -2.51. The minimum Gasteiger partial charge on any atom is -0.490 e. The van der Waals surface area contributed by atoms with Crippen LogP contribution in [0.2, 0.25) is 0 Å². The summed E-state index contributed by atoms with van der Waals surface area (Å²) in [5.41, 5.74) is 0.868. The van der Waals surface area contributed by atoms with Crippen LogP contribution in [0, 0.1) is 5.92 Å². The Hall–Kier alpha value is -3.22. The number of carbonyl (C=O) groups is 1. The summed E-state index contributed by atoms with van der Waals surface area (Å²) in [5, 5.41) is 14.3. The van der Waals surface area contributed by atoms with Gasteiger partial charge in [0.2, 0.25) is 10.0 Å². The number of ether oxygens (including phenoxy) is 4. The number of allylic oxidation sites excluding steroid dienone is 1. The van der Waals surface area contributed by atoms with Crippen LogP contribution in [-0.4, -0.2) is 81.4 Å². The lowest BCUT2D eigenvalue weighted by molar-refractivity contribution is -0.0907. The highest BCUT2D eigenvalue weighted by Gasteiger charge is 2.44. The van der Waals surface area contributed by atoms with Crippen LogP contribution in [0.25, 0.3) is 0 Å². The molecule has 43 heavy (non-hydrogen) atoms. The van der Waals surface area contributed by atoms with Crippen molar-refractivity contribution in [1.29, 1.82) is 0 Å². The standard InChI is InChI=1S/C32H42N2O8S/c1-3-5-6-10-17-34(43(37,38)26-15-11-14-25(21-26)39-18-4-2)22-29(35)28(20-24-12-8-7-9-13-24)33-32(36)42-30-23-41-31-27(30)16-19-40-31/h3-4,7-9,11-15,21,27-31,35H,1-2,5-6,10,16-20,22-23H2,(H,33,36)/t27?,28-,29+,30-,31+/m0/s1. The van der Waals surface area contributed by atoms with E-state index in [2.05, 4.69) is 18.5 Å². The number of unbranched alkanes of at least 4 members (excludes halogenated alkanes) is 2. The zero-order chi connectivity index (χ0) is 30.7. The molecule has 2 aromatic carbocycles. The molecule has 2 aliphatic heterocycles. The summed E-state index contributed by atoms with van der Waals surface area (Å²) in [6.07, 6.45) is 3.63. The van der Waals surface area contributed by atoms with E-state index in [1.54, 1.807) is 24.3 Å². The summed E-state index contributed by atoms with van der Waals surface area (Å²) in [6, 6.07) is 14.8. The molecule has 234 valence electrons. The highest BCUT2D eigenvalue weighted by Crippen LogP contribution is 2.33. The number of hydrogen-bond donors (Lipinski definition) is 2. The van der Waals surface area contributed by atoms with Crippen molar-refractivity contribution in [3.63, 3.8) is 0 Å². The van der Waals surface area contributed by atoms with Gasteiger partial charge in [-0.1, -0.05) is 55.1 Å². The predicted octanol–water partition coefficient (Wildman–Crippen LogP) is 4.06. The van der Waals surface area contributed by atoms with Gasteiger partial charge in [0.1, 0.15) is 18.5 Å². The molecule has 0 spiro atoms. The first-order valence-corrected chi connectivity index (χ1v) is 16.1. The molecule has 5 atom stereocenters. The van der Waals surface area contributed by atoms with Crippen molar-refractivity contribution < 1.29 is 37.3 Å². The van der Waals surface area contributed by atoms with E-state index >= 15 is 0 Å². The van der Waals surface area contributed by atoms with Crippen LogP contribution in [0.3, 0.4) is 0 Å². The maximum Gasteiger partial charge on any atom is 0.407 e. The van der Waals surface area contributed by atoms with E-state index in [4.69, 9.17) is 18.9 Å². The largest absolute Gasteiger partial charge is 0.490 e. The minimum atomic E-state index is -4.03. The normalized spacial score (nSPS) is 21.1. The first-order chi connectivity index (χ1) is 20.8. The predicted molar refractivity (Wildman–Crippen MR) is 162 cm³/mol. The number of alkyl carbamates (subject to hydrolysis) is 1. The third-order valence-electron chi connectivity index (χ3n) is 7.58. The molecule has 0 bridgehead atoms. The van der Waals surface area contributed by atoms with E-state index < -0.39 is 34.4 Å². The van der Waals surface area contributed by atoms with Gasteiger partial charge in [-0.05, 0) is 49.8 Å². The van der Waals surface area contributed by atoms with E-state index in [-0.39, 0.29) is 49.8 Å². The molecule has 1 unspecified atom stereocenters. The minimum absolute atomic E-state index is 0.0364. The van der Waals surface area contributed by atoms with Gasteiger partial charge < -0.3 is 29.4 Å². The fourth-order valence-corrected chi connectivity index (χ4v) is 6.80. The monoisotopic (exact) mass is 614 g/mol. The molecule has 2 saturated heterocycles. The van der Waals surface area contributed by atoms with Crippen LogP contribution in [0.5, 0.6) is 5.75 Å². The van der Waals surface area contributed by atoms with Crippen molar-refractivity contribution >= 4 is 16.1 Å². The zero-order valence-corrected chi connectivity index (χ0v) is 25.2. The zero-order valence-electron chi connectivity index (χ0n) is 24.4. The van der Waals surface area contributed by atoms with Crippen LogP contribution in [0.1, 0.15) is 31.2 Å². The van der Waals surface area contributed by atoms with Crippen molar-refractivity contribution in [3.8, 4) is 5.75 Å². The first-order valence-electron chi connectivity index (χ1n) is 14.7. The molecule has 0 aliphatic carbocycles. The number of fused-ring (bicyclic) bond motifs is 1. The van der Waals surface area contributed by atoms with Crippen molar-refractivity contribution in [2.45, 2.75) is 61.5 Å². The number of aliphatic hydroxyl groups is 1. The second-order valence-corrected chi connectivity index (χ2v) is 12.6. The fraction of sp³-hybridized carbons (Fsp3) is 0.469. The molecule has 10 nitrogen and oxygen atoms in total. The maximum absolute atomic E-state index is 13.9. The Morgan fingerprint density at radius 2 is 1.93 bits per heavy atom. The van der Waals surface area contributed by atoms with Crippen LogP contribution in [0.4, 0.5) is 4.79 Å². The van der Waals surface area contributed by atoms with Crippen LogP contribution >= 0.6 is 0 Å². The lowest BCUT2D eigenvalue weighted by Gasteiger charge is -2.30. The van der Waals surface area contributed by atoms with E-state index in [1.165, 1.54) is 16.4 Å². The van der Waals surface area contributed by atoms with Crippen LogP contribution in [0.15, 0.2) is 84.8 Å². The molecule has 1 amide bonds. The third kappa shape index (κ3) is 9.14. The lowest BCUT2D eigenvalue weighted by atomic mass is 10.0. The molecule has 2 aromatic rings. The highest BCUT2D eigenvalue weighted by molar-refractivity contribution is 7.89. The molecule has 2 heterocycles. The Kier molecular flexibility index (Phi) is 12.2. The number of hydrogen-bond acceptors (Lipinski definition) is 8. The Morgan fingerprint density at radius 3 is 2.70 bits per heavy atom. The van der Waals surface area contributed by atoms with Gasteiger partial charge in [-0.25, -0.2) is 13.2 Å². The topological polar surface area (TPSA) is 124 Å². The Morgan fingerprint density at radius 1 is 1.12 bits per heavy atom. The Labute approximate surface area is 254 Å². The molecule has 0 aromatic heterocycles. The summed E-state index contributed by atoms with van der Waals surface area (Å²) < 4.78 is 51.4. The summed E-state index contributed by atoms with van der Waals surface area (Å²) in [4.78, 5) is 13.1. The van der Waals surface area contributed by atoms with Gasteiger partial charge in [-0.2, -0.15) is 4.31 Å². The average Bonchev–Trinajstić information content (AvgIpc) is 3.63. The van der Waals surface area contributed by atoms with E-state index in [9.17, 15) is 18.3 Å². The Balaban J connectivity index is 1.52. The number of benzene rings is 2. The number of rotatable bonds is 17. The van der Waals surface area contributed by atoms with Gasteiger partial charge in [0, 0.05) is 19.2 Å². The second-order valence-electron chi connectivity index (χ2n) is 10.7. The summed E-state index contributed by atoms with van der Waals surface area (Å²) >= 11 is 0. The number of amides is 1. The summed E-state index contributed by atoms with van der Waals surface area (Å²) in [7, 11) is -4.03. The van der Waals surface area contributed by atoms with Crippen molar-refractivity contribution in [2.24, 2.45) is 5.92 Å². The van der Waals surface area contributed by atoms with Gasteiger partial charge in [-0.15, -0.1) is 6.58 Å². The van der Waals surface area contributed by atoms with Crippen molar-refractivity contribution in [1.82, 2.24) is 9.62 Å². The number of aliphatic hydroxyl groups excluding tert-OH is 1. The number of carbonyl (C=O) groups excluding carboxylic acids is 1. The van der Waals surface area contributed by atoms with Gasteiger partial charge in [0.25, 0.3) is 0 Å². The van der Waals surface area contributed by atoms with Gasteiger partial charge in [0.05, 0.1) is 36.2 Å². The SMILES string of the molecule is C=CCCCCN(C[C@@H](O)[C@H](Cc1ccccc1)NC(=O)O[C@H]1CO[C@H]2OCCC21)S(=O)(=O)c1cccc(OCC=C)c1. The smallest absolute Gasteiger partial charge is 0.407 e. The number of sulfonamides is 1. The van der Waals surface area contributed by atoms with Crippen molar-refractivity contribution in [3.05, 3.63) is 85.5 Å². The Bertz CT molecular complexity index is 1310. The van der Waals surface area contributed by atoms with Crippen LogP contribution < -0.4 is 10.1 Å². The molecule has 2 N–H and O–H groups in total. The van der Waals surface area contributed by atoms with Crippen LogP contribution in [-0.2, 0) is 30.7 Å². The molecule has 0 saturated carbocycles. The second kappa shape index (κ2) is 16.0. The molecule has 2 fully saturated rings. The maximum atomic E-state index is 13.9. The molecule has 4 rings (SSSR count). The highest BCUT2D eigenvalue weighted by atomic mass is 32.2. The van der Waals surface area contributed by atoms with E-state index in [1.807, 2.05) is 30.3 Å². The fourth-order valence-electron chi connectivity index (χ4n) is 5.27. The molecular weight excluding hydrogens is 572 g/mol. The van der Waals surface area contributed by atoms with Gasteiger partial charge in [0.15, 0.2) is 6.29 Å². The van der Waals surface area contributed by atoms with Gasteiger partial charge >= 0.3 is 6.09 Å². The summed E-state index contributed by atoms with van der Waals surface area (Å²) in [6.45, 7) is 8.33. The third-order valence-corrected chi connectivity index (χ3v) is 9.44. The summed E-state index contributed by atoms with van der Waals surface area (Å²) in [5.74, 6) is 0.357. The number of nitrogens with zero attached hydrogens (tertiary/aromatic N) is 1. The van der Waals surface area contributed by atoms with Gasteiger partial charge in [-0.3, -0.25) is 0 Å². The molecule has 11 heteroatoms. The quantitative estimate of drug-likeness (QED) is 0.202. The number of nitrogens with one attached hydrogen (secondary N) is 1. The average molecular weight is 615 g/mol. The molecule has 2 aliphatic rings. The van der Waals surface area contributed by atoms with Crippen molar-refractivity contribution in [2.75, 3.05) is 32.9 Å². The van der Waals surface area contributed by atoms with E-state index in [0.29, 0.717) is 18.8 Å².